The number of amides is 1. The van der Waals surface area contributed by atoms with Crippen LogP contribution in [0.3, 0.4) is 0 Å². The van der Waals surface area contributed by atoms with Crippen LogP contribution in [0.4, 0.5) is 11.4 Å². The monoisotopic (exact) mass is 435 g/mol. The molecule has 0 unspecified atom stereocenters. The minimum atomic E-state index is -0.131. The summed E-state index contributed by atoms with van der Waals surface area (Å²) in [6, 6.07) is 12.9. The van der Waals surface area contributed by atoms with E-state index in [9.17, 15) is 4.79 Å². The number of rotatable bonds is 7. The molecule has 0 aliphatic carbocycles. The molecule has 6 nitrogen and oxygen atoms in total. The number of aromatic nitrogens is 3. The summed E-state index contributed by atoms with van der Waals surface area (Å²) in [4.78, 5) is 12.2. The van der Waals surface area contributed by atoms with Crippen molar-refractivity contribution >= 4 is 52.2 Å². The standard InChI is InChI=1S/C19H19Cl2N5OS/c1-12-3-6-15(9-16(12)21)23-18(27)11-28-19-25-24-17(26(19)2)10-22-14-7-4-13(20)5-8-14/h3-9,22H,10-11H2,1-2H3,(H,23,27). The number of benzene rings is 2. The SMILES string of the molecule is Cc1ccc(NC(=O)CSc2nnc(CNc3ccc(Cl)cc3)n2C)cc1Cl. The first-order valence-electron chi connectivity index (χ1n) is 8.49. The predicted molar refractivity (Wildman–Crippen MR) is 115 cm³/mol. The Hall–Kier alpha value is -2.22. The normalized spacial score (nSPS) is 10.7. The van der Waals surface area contributed by atoms with Crippen LogP contribution in [0, 0.1) is 6.92 Å². The van der Waals surface area contributed by atoms with Gasteiger partial charge in [-0.05, 0) is 48.9 Å². The maximum atomic E-state index is 12.2. The van der Waals surface area contributed by atoms with Gasteiger partial charge < -0.3 is 15.2 Å². The zero-order valence-corrected chi connectivity index (χ0v) is 17.7. The molecule has 0 aliphatic heterocycles. The molecular weight excluding hydrogens is 417 g/mol. The van der Waals surface area contributed by atoms with Gasteiger partial charge in [-0.25, -0.2) is 0 Å². The van der Waals surface area contributed by atoms with E-state index >= 15 is 0 Å². The number of hydrogen-bond donors (Lipinski definition) is 2. The minimum Gasteiger partial charge on any atom is -0.378 e. The average molecular weight is 436 g/mol. The highest BCUT2D eigenvalue weighted by Gasteiger charge is 2.12. The molecule has 2 N–H and O–H groups in total. The van der Waals surface area contributed by atoms with Gasteiger partial charge in [0.05, 0.1) is 12.3 Å². The van der Waals surface area contributed by atoms with Gasteiger partial charge in [0, 0.05) is 28.5 Å². The van der Waals surface area contributed by atoms with Crippen molar-refractivity contribution in [1.82, 2.24) is 14.8 Å². The van der Waals surface area contributed by atoms with Gasteiger partial charge in [-0.2, -0.15) is 0 Å². The summed E-state index contributed by atoms with van der Waals surface area (Å²) in [7, 11) is 1.87. The number of halogens is 2. The van der Waals surface area contributed by atoms with Crippen molar-refractivity contribution in [3.05, 3.63) is 63.9 Å². The van der Waals surface area contributed by atoms with E-state index in [1.807, 2.05) is 54.9 Å². The molecule has 0 saturated carbocycles. The summed E-state index contributed by atoms with van der Waals surface area (Å²) in [5.74, 6) is 0.860. The summed E-state index contributed by atoms with van der Waals surface area (Å²) in [6.07, 6.45) is 0. The third-order valence-corrected chi connectivity index (χ3v) is 5.69. The lowest BCUT2D eigenvalue weighted by Crippen LogP contribution is -2.14. The van der Waals surface area contributed by atoms with Crippen LogP contribution in [0.1, 0.15) is 11.4 Å². The molecule has 1 heterocycles. The molecule has 0 saturated heterocycles. The number of thioether (sulfide) groups is 1. The van der Waals surface area contributed by atoms with E-state index < -0.39 is 0 Å². The number of hydrogen-bond acceptors (Lipinski definition) is 5. The number of aryl methyl sites for hydroxylation is 1. The van der Waals surface area contributed by atoms with E-state index in [4.69, 9.17) is 23.2 Å². The van der Waals surface area contributed by atoms with Crippen LogP contribution in [0.2, 0.25) is 10.0 Å². The zero-order valence-electron chi connectivity index (χ0n) is 15.4. The molecule has 0 fully saturated rings. The molecule has 9 heteroatoms. The van der Waals surface area contributed by atoms with E-state index in [1.165, 1.54) is 11.8 Å². The maximum Gasteiger partial charge on any atom is 0.234 e. The number of carbonyl (C=O) groups excluding carboxylic acids is 1. The Kier molecular flexibility index (Phi) is 6.83. The second-order valence-electron chi connectivity index (χ2n) is 6.12. The van der Waals surface area contributed by atoms with Crippen molar-refractivity contribution in [3.8, 4) is 0 Å². The van der Waals surface area contributed by atoms with Crippen molar-refractivity contribution in [1.29, 1.82) is 0 Å². The van der Waals surface area contributed by atoms with Crippen LogP contribution >= 0.6 is 35.0 Å². The van der Waals surface area contributed by atoms with Crippen molar-refractivity contribution in [2.75, 3.05) is 16.4 Å². The van der Waals surface area contributed by atoms with E-state index in [1.54, 1.807) is 6.07 Å². The number of anilines is 2. The molecule has 2 aromatic carbocycles. The Labute approximate surface area is 177 Å². The largest absolute Gasteiger partial charge is 0.378 e. The molecule has 3 aromatic rings. The molecular formula is C19H19Cl2N5OS. The van der Waals surface area contributed by atoms with Crippen LogP contribution in [0.15, 0.2) is 47.6 Å². The van der Waals surface area contributed by atoms with Gasteiger partial charge in [0.15, 0.2) is 11.0 Å². The maximum absolute atomic E-state index is 12.2. The lowest BCUT2D eigenvalue weighted by Gasteiger charge is -2.08. The fourth-order valence-corrected chi connectivity index (χ4v) is 3.41. The third-order valence-electron chi connectivity index (χ3n) is 4.01. The fraction of sp³-hybridized carbons (Fsp3) is 0.211. The lowest BCUT2D eigenvalue weighted by atomic mass is 10.2. The first kappa shape index (κ1) is 20.5. The molecule has 0 spiro atoms. The highest BCUT2D eigenvalue weighted by molar-refractivity contribution is 7.99. The van der Waals surface area contributed by atoms with Crippen LogP contribution < -0.4 is 10.6 Å². The Morgan fingerprint density at radius 1 is 1.11 bits per heavy atom. The first-order valence-corrected chi connectivity index (χ1v) is 10.2. The molecule has 28 heavy (non-hydrogen) atoms. The average Bonchev–Trinajstić information content (AvgIpc) is 3.02. The number of nitrogens with zero attached hydrogens (tertiary/aromatic N) is 3. The Morgan fingerprint density at radius 2 is 1.82 bits per heavy atom. The van der Waals surface area contributed by atoms with Crippen LogP contribution in [0.5, 0.6) is 0 Å². The van der Waals surface area contributed by atoms with Crippen LogP contribution in [-0.2, 0) is 18.4 Å². The Balaban J connectivity index is 1.52. The van der Waals surface area contributed by atoms with E-state index in [-0.39, 0.29) is 11.7 Å². The Bertz CT molecular complexity index is 975. The highest BCUT2D eigenvalue weighted by Crippen LogP contribution is 2.21. The second-order valence-corrected chi connectivity index (χ2v) is 7.91. The Morgan fingerprint density at radius 3 is 2.54 bits per heavy atom. The third kappa shape index (κ3) is 5.41. The van der Waals surface area contributed by atoms with Crippen LogP contribution in [0.25, 0.3) is 0 Å². The molecule has 1 aromatic heterocycles. The van der Waals surface area contributed by atoms with Gasteiger partial charge >= 0.3 is 0 Å². The number of carbonyl (C=O) groups is 1. The van der Waals surface area contributed by atoms with Crippen molar-refractivity contribution in [2.45, 2.75) is 18.6 Å². The summed E-state index contributed by atoms with van der Waals surface area (Å²) >= 11 is 13.3. The predicted octanol–water partition coefficient (Wildman–Crippen LogP) is 4.77. The molecule has 0 atom stereocenters. The van der Waals surface area contributed by atoms with E-state index in [0.29, 0.717) is 27.4 Å². The second kappa shape index (κ2) is 9.32. The van der Waals surface area contributed by atoms with Crippen molar-refractivity contribution in [3.63, 3.8) is 0 Å². The van der Waals surface area contributed by atoms with Gasteiger partial charge in [-0.3, -0.25) is 4.79 Å². The summed E-state index contributed by atoms with van der Waals surface area (Å²) in [5.41, 5.74) is 2.58. The summed E-state index contributed by atoms with van der Waals surface area (Å²) < 4.78 is 1.86. The topological polar surface area (TPSA) is 71.8 Å². The first-order chi connectivity index (χ1) is 13.4. The molecule has 0 aliphatic rings. The highest BCUT2D eigenvalue weighted by atomic mass is 35.5. The van der Waals surface area contributed by atoms with Crippen molar-refractivity contribution < 1.29 is 4.79 Å². The number of nitrogens with one attached hydrogen (secondary N) is 2. The van der Waals surface area contributed by atoms with Crippen molar-refractivity contribution in [2.24, 2.45) is 7.05 Å². The molecule has 0 bridgehead atoms. The lowest BCUT2D eigenvalue weighted by molar-refractivity contribution is -0.113. The van der Waals surface area contributed by atoms with Crippen LogP contribution in [-0.4, -0.2) is 26.4 Å². The quantitative estimate of drug-likeness (QED) is 0.522. The van der Waals surface area contributed by atoms with Gasteiger partial charge in [0.2, 0.25) is 5.91 Å². The van der Waals surface area contributed by atoms with Gasteiger partial charge in [0.1, 0.15) is 0 Å². The smallest absolute Gasteiger partial charge is 0.234 e. The molecule has 0 radical (unpaired) electrons. The fourth-order valence-electron chi connectivity index (χ4n) is 2.37. The summed E-state index contributed by atoms with van der Waals surface area (Å²) in [5, 5.41) is 16.4. The van der Waals surface area contributed by atoms with Gasteiger partial charge in [-0.1, -0.05) is 41.0 Å². The van der Waals surface area contributed by atoms with E-state index in [0.717, 1.165) is 17.1 Å². The molecule has 146 valence electrons. The van der Waals surface area contributed by atoms with Gasteiger partial charge in [0.25, 0.3) is 0 Å². The molecule has 1 amide bonds. The van der Waals surface area contributed by atoms with E-state index in [2.05, 4.69) is 20.8 Å². The molecule has 3 rings (SSSR count). The zero-order chi connectivity index (χ0) is 20.1. The van der Waals surface area contributed by atoms with Gasteiger partial charge in [-0.15, -0.1) is 10.2 Å². The summed E-state index contributed by atoms with van der Waals surface area (Å²) in [6.45, 7) is 2.43. The minimum absolute atomic E-state index is 0.131.